The number of imidazole rings is 1. The number of sulfonamides is 1. The Hall–Kier alpha value is -1.64. The van der Waals surface area contributed by atoms with Crippen LogP contribution in [0.3, 0.4) is 0 Å². The molecular weight excluding hydrogens is 316 g/mol. The average Bonchev–Trinajstić information content (AvgIpc) is 2.91. The molecule has 3 rings (SSSR count). The minimum Gasteiger partial charge on any atom is -0.304 e. The quantitative estimate of drug-likeness (QED) is 0.862. The van der Waals surface area contributed by atoms with Gasteiger partial charge in [-0.05, 0) is 31.2 Å². The van der Waals surface area contributed by atoms with Crippen LogP contribution in [0.5, 0.6) is 0 Å². The van der Waals surface area contributed by atoms with E-state index in [-0.39, 0.29) is 22.5 Å². The molecule has 1 aromatic heterocycles. The third-order valence-electron chi connectivity index (χ3n) is 4.66. The molecule has 1 aliphatic rings. The Kier molecular flexibility index (Phi) is 3.86. The van der Waals surface area contributed by atoms with E-state index in [0.717, 1.165) is 6.54 Å². The monoisotopic (exact) mass is 338 g/mol. The fourth-order valence-electron chi connectivity index (χ4n) is 3.28. The Morgan fingerprint density at radius 1 is 1.09 bits per heavy atom. The van der Waals surface area contributed by atoms with Crippen molar-refractivity contribution in [2.45, 2.75) is 17.9 Å². The van der Waals surface area contributed by atoms with Crippen LogP contribution in [-0.2, 0) is 24.1 Å². The first-order valence-corrected chi connectivity index (χ1v) is 9.05. The molecule has 0 unspecified atom stereocenters. The Morgan fingerprint density at radius 3 is 2.35 bits per heavy atom. The van der Waals surface area contributed by atoms with Crippen molar-refractivity contribution in [3.8, 4) is 0 Å². The summed E-state index contributed by atoms with van der Waals surface area (Å²) in [5, 5.41) is 0. The Labute approximate surface area is 135 Å². The number of likely N-dealkylation sites (N-methyl/N-ethyl adjacent to an activating group) is 1. The fourth-order valence-corrected chi connectivity index (χ4v) is 4.64. The van der Waals surface area contributed by atoms with Gasteiger partial charge in [0.2, 0.25) is 10.0 Å². The maximum atomic E-state index is 12.7. The Bertz CT molecular complexity index is 913. The number of aromatic nitrogens is 2. The van der Waals surface area contributed by atoms with E-state index in [2.05, 4.69) is 9.62 Å². The number of hydrogen-bond acceptors (Lipinski definition) is 4. The van der Waals surface area contributed by atoms with Gasteiger partial charge in [0, 0.05) is 33.2 Å². The summed E-state index contributed by atoms with van der Waals surface area (Å²) >= 11 is 0. The first-order valence-electron chi connectivity index (χ1n) is 7.57. The predicted octanol–water partition coefficient (Wildman–Crippen LogP) is 0.105. The second kappa shape index (κ2) is 5.47. The van der Waals surface area contributed by atoms with Gasteiger partial charge in [-0.15, -0.1) is 0 Å². The number of nitrogens with zero attached hydrogens (tertiary/aromatic N) is 3. The molecule has 23 heavy (non-hydrogen) atoms. The molecule has 1 N–H and O–H groups in total. The van der Waals surface area contributed by atoms with Crippen molar-refractivity contribution in [3.63, 3.8) is 0 Å². The van der Waals surface area contributed by atoms with Crippen LogP contribution in [-0.4, -0.2) is 48.6 Å². The van der Waals surface area contributed by atoms with Gasteiger partial charge in [0.05, 0.1) is 15.9 Å². The highest BCUT2D eigenvalue weighted by molar-refractivity contribution is 7.89. The molecule has 0 amide bonds. The van der Waals surface area contributed by atoms with Crippen molar-refractivity contribution in [2.75, 3.05) is 20.1 Å². The summed E-state index contributed by atoms with van der Waals surface area (Å²) in [7, 11) is 1.68. The smallest absolute Gasteiger partial charge is 0.304 e. The van der Waals surface area contributed by atoms with E-state index in [9.17, 15) is 13.2 Å². The lowest BCUT2D eigenvalue weighted by Crippen LogP contribution is -2.39. The van der Waals surface area contributed by atoms with Crippen LogP contribution in [0, 0.1) is 5.92 Å². The van der Waals surface area contributed by atoms with Gasteiger partial charge < -0.3 is 4.90 Å². The highest BCUT2D eigenvalue weighted by atomic mass is 32.2. The largest absolute Gasteiger partial charge is 0.328 e. The van der Waals surface area contributed by atoms with Crippen molar-refractivity contribution in [1.29, 1.82) is 0 Å². The first kappa shape index (κ1) is 16.2. The maximum Gasteiger partial charge on any atom is 0.328 e. The van der Waals surface area contributed by atoms with Crippen LogP contribution in [0.15, 0.2) is 27.9 Å². The molecule has 7 nitrogen and oxygen atoms in total. The number of nitrogens with one attached hydrogen (secondary N) is 1. The average molecular weight is 338 g/mol. The number of hydrogen-bond donors (Lipinski definition) is 1. The lowest BCUT2D eigenvalue weighted by atomic mass is 10.1. The number of fused-ring (bicyclic) bond motifs is 1. The predicted molar refractivity (Wildman–Crippen MR) is 88.9 cm³/mol. The molecule has 2 atom stereocenters. The van der Waals surface area contributed by atoms with E-state index in [1.54, 1.807) is 32.3 Å². The summed E-state index contributed by atoms with van der Waals surface area (Å²) < 4.78 is 31.1. The molecule has 1 aliphatic heterocycles. The van der Waals surface area contributed by atoms with Crippen molar-refractivity contribution in [1.82, 2.24) is 18.8 Å². The third-order valence-corrected chi connectivity index (χ3v) is 6.14. The zero-order valence-electron chi connectivity index (χ0n) is 13.8. The summed E-state index contributed by atoms with van der Waals surface area (Å²) in [6.45, 7) is 3.62. The molecule has 126 valence electrons. The normalized spacial score (nSPS) is 23.0. The topological polar surface area (TPSA) is 76.3 Å². The summed E-state index contributed by atoms with van der Waals surface area (Å²) in [6.07, 6.45) is 0. The van der Waals surface area contributed by atoms with Crippen molar-refractivity contribution in [3.05, 3.63) is 28.7 Å². The van der Waals surface area contributed by atoms with Crippen LogP contribution in [0.2, 0.25) is 0 Å². The number of rotatable bonds is 3. The van der Waals surface area contributed by atoms with Crippen LogP contribution < -0.4 is 10.4 Å². The molecule has 2 heterocycles. The number of benzene rings is 1. The van der Waals surface area contributed by atoms with Crippen molar-refractivity contribution >= 4 is 21.1 Å². The summed E-state index contributed by atoms with van der Waals surface area (Å²) in [4.78, 5) is 14.3. The van der Waals surface area contributed by atoms with Gasteiger partial charge in [-0.25, -0.2) is 17.9 Å². The fraction of sp³-hybridized carbons (Fsp3) is 0.533. The molecule has 0 radical (unpaired) electrons. The second-order valence-corrected chi connectivity index (χ2v) is 8.19. The molecule has 0 spiro atoms. The molecule has 0 saturated carbocycles. The number of aryl methyl sites for hydroxylation is 2. The van der Waals surface area contributed by atoms with Gasteiger partial charge in [0.15, 0.2) is 0 Å². The zero-order valence-corrected chi connectivity index (χ0v) is 14.6. The first-order chi connectivity index (χ1) is 10.7. The van der Waals surface area contributed by atoms with Gasteiger partial charge >= 0.3 is 5.69 Å². The minimum atomic E-state index is -3.61. The minimum absolute atomic E-state index is 0.0970. The van der Waals surface area contributed by atoms with Crippen LogP contribution in [0.1, 0.15) is 6.92 Å². The van der Waals surface area contributed by atoms with E-state index in [1.165, 1.54) is 9.13 Å². The van der Waals surface area contributed by atoms with Crippen molar-refractivity contribution in [2.24, 2.45) is 20.0 Å². The lowest BCUT2D eigenvalue weighted by molar-refractivity contribution is 0.400. The maximum absolute atomic E-state index is 12.7. The SMILES string of the molecule is C[C@H]1CN(C)C[C@@H]1NS(=O)(=O)c1ccc2c(c1)n(C)c(=O)n2C. The highest BCUT2D eigenvalue weighted by Crippen LogP contribution is 2.21. The zero-order chi connectivity index (χ0) is 16.9. The van der Waals surface area contributed by atoms with E-state index in [1.807, 2.05) is 14.0 Å². The van der Waals surface area contributed by atoms with Gasteiger partial charge in [-0.1, -0.05) is 6.92 Å². The Balaban J connectivity index is 1.99. The molecule has 1 aromatic carbocycles. The summed E-state index contributed by atoms with van der Waals surface area (Å²) in [5.74, 6) is 0.264. The molecule has 2 aromatic rings. The summed E-state index contributed by atoms with van der Waals surface area (Å²) in [5.41, 5.74) is 1.15. The lowest BCUT2D eigenvalue weighted by Gasteiger charge is -2.16. The molecule has 1 fully saturated rings. The van der Waals surface area contributed by atoms with E-state index in [4.69, 9.17) is 0 Å². The van der Waals surface area contributed by atoms with Gasteiger partial charge in [-0.3, -0.25) is 9.13 Å². The second-order valence-electron chi connectivity index (χ2n) is 6.48. The van der Waals surface area contributed by atoms with Crippen LogP contribution >= 0.6 is 0 Å². The third kappa shape index (κ3) is 2.71. The molecule has 0 aliphatic carbocycles. The standard InChI is InChI=1S/C15H22N4O3S/c1-10-8-17(2)9-12(10)16-23(21,22)11-5-6-13-14(7-11)19(4)15(20)18(13)3/h5-7,10,12,16H,8-9H2,1-4H3/t10-,12-/m0/s1. The van der Waals surface area contributed by atoms with Crippen LogP contribution in [0.25, 0.3) is 11.0 Å². The van der Waals surface area contributed by atoms with Crippen LogP contribution in [0.4, 0.5) is 0 Å². The van der Waals surface area contributed by atoms with Crippen molar-refractivity contribution < 1.29 is 8.42 Å². The molecular formula is C15H22N4O3S. The van der Waals surface area contributed by atoms with E-state index in [0.29, 0.717) is 17.6 Å². The highest BCUT2D eigenvalue weighted by Gasteiger charge is 2.31. The summed E-state index contributed by atoms with van der Waals surface area (Å²) in [6, 6.07) is 4.69. The Morgan fingerprint density at radius 2 is 1.74 bits per heavy atom. The van der Waals surface area contributed by atoms with Gasteiger partial charge in [-0.2, -0.15) is 0 Å². The molecule has 1 saturated heterocycles. The van der Waals surface area contributed by atoms with Gasteiger partial charge in [0.1, 0.15) is 0 Å². The molecule has 0 bridgehead atoms. The number of likely N-dealkylation sites (tertiary alicyclic amines) is 1. The van der Waals surface area contributed by atoms with E-state index >= 15 is 0 Å². The van der Waals surface area contributed by atoms with E-state index < -0.39 is 10.0 Å². The molecule has 8 heteroatoms. The van der Waals surface area contributed by atoms with Gasteiger partial charge in [0.25, 0.3) is 0 Å².